The number of aryl methyl sites for hydroxylation is 1. The molecule has 7 nitrogen and oxygen atoms in total. The minimum absolute atomic E-state index is 0.273. The predicted molar refractivity (Wildman–Crippen MR) is 108 cm³/mol. The Hall–Kier alpha value is -2.87. The normalized spacial score (nSPS) is 10.8. The van der Waals surface area contributed by atoms with Gasteiger partial charge in [-0.3, -0.25) is 14.2 Å². The molecular weight excluding hydrogens is 414 g/mol. The number of amides is 1. The van der Waals surface area contributed by atoms with E-state index < -0.39 is 5.69 Å². The maximum Gasteiger partial charge on any atom is 0.328 e. The van der Waals surface area contributed by atoms with Crippen molar-refractivity contribution < 1.29 is 9.53 Å². The fraction of sp³-hybridized carbons (Fsp3) is 0.211. The number of aromatic amines is 1. The highest BCUT2D eigenvalue weighted by Crippen LogP contribution is 2.32. The number of hydrogen-bond acceptors (Lipinski definition) is 4. The molecule has 0 spiro atoms. The lowest BCUT2D eigenvalue weighted by atomic mass is 10.1. The third-order valence-corrected chi connectivity index (χ3v) is 4.74. The van der Waals surface area contributed by atoms with Gasteiger partial charge in [-0.25, -0.2) is 4.79 Å². The average molecular weight is 432 g/mol. The standard InChI is InChI=1S/C19H18BrN3O4/c1-4-23-18(25)13-6-5-11(8-14(13)21-19(23)26)17(24)22-16-10(2)7-12(20)9-15(16)27-3/h5-9H,4H2,1-3H3,(H,21,26)(H,22,24). The van der Waals surface area contributed by atoms with E-state index in [0.717, 1.165) is 14.6 Å². The third-order valence-electron chi connectivity index (χ3n) is 4.28. The maximum absolute atomic E-state index is 12.7. The van der Waals surface area contributed by atoms with Gasteiger partial charge < -0.3 is 15.0 Å². The van der Waals surface area contributed by atoms with Crippen molar-refractivity contribution in [2.45, 2.75) is 20.4 Å². The molecule has 8 heteroatoms. The van der Waals surface area contributed by atoms with Gasteiger partial charge in [-0.15, -0.1) is 0 Å². The Morgan fingerprint density at radius 1 is 1.26 bits per heavy atom. The minimum Gasteiger partial charge on any atom is -0.495 e. The van der Waals surface area contributed by atoms with Crippen LogP contribution in [0.1, 0.15) is 22.8 Å². The van der Waals surface area contributed by atoms with E-state index in [4.69, 9.17) is 4.74 Å². The van der Waals surface area contributed by atoms with Gasteiger partial charge in [-0.1, -0.05) is 15.9 Å². The minimum atomic E-state index is -0.502. The number of nitrogens with zero attached hydrogens (tertiary/aromatic N) is 1. The number of benzene rings is 2. The summed E-state index contributed by atoms with van der Waals surface area (Å²) >= 11 is 3.39. The molecule has 1 amide bonds. The van der Waals surface area contributed by atoms with Crippen LogP contribution in [0, 0.1) is 6.92 Å². The van der Waals surface area contributed by atoms with Crippen molar-refractivity contribution in [1.82, 2.24) is 9.55 Å². The molecule has 1 aromatic heterocycles. The maximum atomic E-state index is 12.7. The number of halogens is 1. The van der Waals surface area contributed by atoms with Gasteiger partial charge in [0.05, 0.1) is 23.7 Å². The first-order chi connectivity index (χ1) is 12.8. The van der Waals surface area contributed by atoms with Crippen LogP contribution >= 0.6 is 15.9 Å². The van der Waals surface area contributed by atoms with Crippen LogP contribution in [0.5, 0.6) is 5.75 Å². The molecule has 0 radical (unpaired) electrons. The molecule has 3 rings (SSSR count). The highest BCUT2D eigenvalue weighted by molar-refractivity contribution is 9.10. The van der Waals surface area contributed by atoms with Crippen molar-refractivity contribution in [3.8, 4) is 5.75 Å². The summed E-state index contributed by atoms with van der Waals surface area (Å²) in [5, 5.41) is 3.18. The number of H-pyrrole nitrogens is 1. The first kappa shape index (κ1) is 18.9. The van der Waals surface area contributed by atoms with E-state index >= 15 is 0 Å². The largest absolute Gasteiger partial charge is 0.495 e. The molecule has 0 unspecified atom stereocenters. The predicted octanol–water partition coefficient (Wildman–Crippen LogP) is 3.04. The summed E-state index contributed by atoms with van der Waals surface area (Å²) < 4.78 is 7.28. The number of nitrogens with one attached hydrogen (secondary N) is 2. The van der Waals surface area contributed by atoms with Gasteiger partial charge >= 0.3 is 5.69 Å². The molecule has 0 aliphatic heterocycles. The number of ether oxygens (including phenoxy) is 1. The van der Waals surface area contributed by atoms with Gasteiger partial charge in [-0.05, 0) is 49.7 Å². The number of fused-ring (bicyclic) bond motifs is 1. The van der Waals surface area contributed by atoms with E-state index in [-0.39, 0.29) is 18.0 Å². The lowest BCUT2D eigenvalue weighted by Crippen LogP contribution is -2.34. The second-order valence-electron chi connectivity index (χ2n) is 5.99. The van der Waals surface area contributed by atoms with E-state index in [1.54, 1.807) is 25.1 Å². The number of hydrogen-bond donors (Lipinski definition) is 2. The highest BCUT2D eigenvalue weighted by Gasteiger charge is 2.15. The molecule has 0 aliphatic rings. The molecule has 0 saturated carbocycles. The molecule has 0 atom stereocenters. The van der Waals surface area contributed by atoms with Crippen LogP contribution in [0.3, 0.4) is 0 Å². The first-order valence-corrected chi connectivity index (χ1v) is 9.07. The van der Waals surface area contributed by atoms with Crippen molar-refractivity contribution >= 4 is 38.4 Å². The Morgan fingerprint density at radius 3 is 2.67 bits per heavy atom. The van der Waals surface area contributed by atoms with Crippen molar-refractivity contribution in [2.75, 3.05) is 12.4 Å². The number of methoxy groups -OCH3 is 1. The van der Waals surface area contributed by atoms with Crippen LogP contribution in [-0.4, -0.2) is 22.6 Å². The van der Waals surface area contributed by atoms with Crippen molar-refractivity contribution in [1.29, 1.82) is 0 Å². The molecule has 140 valence electrons. The van der Waals surface area contributed by atoms with E-state index in [1.807, 2.05) is 13.0 Å². The number of rotatable bonds is 4. The molecule has 2 aromatic carbocycles. The highest BCUT2D eigenvalue weighted by atomic mass is 79.9. The van der Waals surface area contributed by atoms with E-state index in [0.29, 0.717) is 27.9 Å². The zero-order chi connectivity index (χ0) is 19.7. The van der Waals surface area contributed by atoms with Gasteiger partial charge in [-0.2, -0.15) is 0 Å². The van der Waals surface area contributed by atoms with Crippen molar-refractivity contribution in [2.24, 2.45) is 0 Å². The fourth-order valence-electron chi connectivity index (χ4n) is 2.90. The summed E-state index contributed by atoms with van der Waals surface area (Å²) in [5.74, 6) is 0.149. The smallest absolute Gasteiger partial charge is 0.328 e. The van der Waals surface area contributed by atoms with E-state index in [1.165, 1.54) is 13.2 Å². The van der Waals surface area contributed by atoms with Crippen LogP contribution in [-0.2, 0) is 6.54 Å². The summed E-state index contributed by atoms with van der Waals surface area (Å²) in [6.07, 6.45) is 0. The summed E-state index contributed by atoms with van der Waals surface area (Å²) in [6.45, 7) is 3.85. The fourth-order valence-corrected chi connectivity index (χ4v) is 3.45. The van der Waals surface area contributed by atoms with E-state index in [9.17, 15) is 14.4 Å². The second kappa shape index (κ2) is 7.40. The lowest BCUT2D eigenvalue weighted by molar-refractivity contribution is 0.102. The van der Waals surface area contributed by atoms with Gasteiger partial charge in [0.15, 0.2) is 0 Å². The van der Waals surface area contributed by atoms with Gasteiger partial charge in [0.2, 0.25) is 0 Å². The molecule has 27 heavy (non-hydrogen) atoms. The van der Waals surface area contributed by atoms with Crippen molar-refractivity contribution in [3.63, 3.8) is 0 Å². The summed E-state index contributed by atoms with van der Waals surface area (Å²) in [4.78, 5) is 39.7. The Morgan fingerprint density at radius 2 is 2.00 bits per heavy atom. The van der Waals surface area contributed by atoms with Crippen LogP contribution in [0.2, 0.25) is 0 Å². The van der Waals surface area contributed by atoms with Crippen LogP contribution in [0.25, 0.3) is 10.9 Å². The Kier molecular flexibility index (Phi) is 5.18. The summed E-state index contributed by atoms with van der Waals surface area (Å²) in [7, 11) is 1.52. The Bertz CT molecular complexity index is 1160. The third kappa shape index (κ3) is 3.52. The SMILES string of the molecule is CCn1c(=O)[nH]c2cc(C(=O)Nc3c(C)cc(Br)cc3OC)ccc2c1=O. The molecule has 0 fully saturated rings. The lowest BCUT2D eigenvalue weighted by Gasteiger charge is -2.14. The zero-order valence-corrected chi connectivity index (χ0v) is 16.6. The molecule has 1 heterocycles. The Labute approximate surface area is 163 Å². The average Bonchev–Trinajstić information content (AvgIpc) is 2.63. The van der Waals surface area contributed by atoms with Crippen LogP contribution in [0.15, 0.2) is 44.4 Å². The van der Waals surface area contributed by atoms with Gasteiger partial charge in [0, 0.05) is 16.6 Å². The van der Waals surface area contributed by atoms with Gasteiger partial charge in [0.25, 0.3) is 11.5 Å². The molecule has 0 saturated heterocycles. The van der Waals surface area contributed by atoms with Gasteiger partial charge in [0.1, 0.15) is 5.75 Å². The number of carbonyl (C=O) groups is 1. The summed E-state index contributed by atoms with van der Waals surface area (Å²) in [5.41, 5.74) is 1.14. The quantitative estimate of drug-likeness (QED) is 0.663. The van der Waals surface area contributed by atoms with Crippen molar-refractivity contribution in [3.05, 3.63) is 66.8 Å². The number of aromatic nitrogens is 2. The topological polar surface area (TPSA) is 93.2 Å². The van der Waals surface area contributed by atoms with Crippen LogP contribution < -0.4 is 21.3 Å². The number of anilines is 1. The summed E-state index contributed by atoms with van der Waals surface area (Å²) in [6, 6.07) is 8.21. The van der Waals surface area contributed by atoms with Crippen LogP contribution in [0.4, 0.5) is 5.69 Å². The Balaban J connectivity index is 2.03. The number of carbonyl (C=O) groups excluding carboxylic acids is 1. The second-order valence-corrected chi connectivity index (χ2v) is 6.91. The monoisotopic (exact) mass is 431 g/mol. The van der Waals surface area contributed by atoms with E-state index in [2.05, 4.69) is 26.2 Å². The zero-order valence-electron chi connectivity index (χ0n) is 15.1. The molecule has 0 aliphatic carbocycles. The molecule has 0 bridgehead atoms. The molecular formula is C19H18BrN3O4. The molecule has 2 N–H and O–H groups in total. The molecule has 3 aromatic rings. The first-order valence-electron chi connectivity index (χ1n) is 8.28.